The Hall–Kier alpha value is -2.86. The molecule has 6 heteroatoms. The number of carbonyl (C=O) groups is 1. The first kappa shape index (κ1) is 18.9. The highest BCUT2D eigenvalue weighted by molar-refractivity contribution is 5.83. The van der Waals surface area contributed by atoms with Gasteiger partial charge < -0.3 is 14.5 Å². The van der Waals surface area contributed by atoms with Gasteiger partial charge in [-0.25, -0.2) is 0 Å². The number of methoxy groups -OCH3 is 1. The van der Waals surface area contributed by atoms with E-state index in [4.69, 9.17) is 9.15 Å². The van der Waals surface area contributed by atoms with E-state index in [0.29, 0.717) is 19.7 Å². The summed E-state index contributed by atoms with van der Waals surface area (Å²) < 4.78 is 12.5. The predicted octanol–water partition coefficient (Wildman–Crippen LogP) is 3.60. The first-order chi connectivity index (χ1) is 13.2. The van der Waals surface area contributed by atoms with Crippen molar-refractivity contribution in [2.75, 3.05) is 13.7 Å². The van der Waals surface area contributed by atoms with Crippen LogP contribution in [0, 0.1) is 0 Å². The lowest BCUT2D eigenvalue weighted by molar-refractivity contribution is -0.122. The van der Waals surface area contributed by atoms with Gasteiger partial charge in [-0.1, -0.05) is 37.3 Å². The van der Waals surface area contributed by atoms with Gasteiger partial charge in [0.25, 0.3) is 0 Å². The van der Waals surface area contributed by atoms with Crippen molar-refractivity contribution in [2.45, 2.75) is 32.4 Å². The number of amides is 1. The molecule has 0 saturated carbocycles. The Morgan fingerprint density at radius 1 is 1.26 bits per heavy atom. The van der Waals surface area contributed by atoms with Crippen LogP contribution in [0.4, 0.5) is 0 Å². The van der Waals surface area contributed by atoms with Crippen LogP contribution in [-0.2, 0) is 22.6 Å². The molecule has 27 heavy (non-hydrogen) atoms. The Morgan fingerprint density at radius 3 is 2.74 bits per heavy atom. The zero-order valence-corrected chi connectivity index (χ0v) is 15.7. The first-order valence-corrected chi connectivity index (χ1v) is 9.15. The van der Waals surface area contributed by atoms with Crippen molar-refractivity contribution >= 4 is 5.91 Å². The van der Waals surface area contributed by atoms with Crippen LogP contribution in [0.2, 0.25) is 0 Å². The summed E-state index contributed by atoms with van der Waals surface area (Å²) >= 11 is 0. The van der Waals surface area contributed by atoms with Gasteiger partial charge in [-0.2, -0.15) is 5.10 Å². The highest BCUT2D eigenvalue weighted by Crippen LogP contribution is 2.22. The van der Waals surface area contributed by atoms with Gasteiger partial charge >= 0.3 is 0 Å². The summed E-state index contributed by atoms with van der Waals surface area (Å²) in [5, 5.41) is 7.61. The highest BCUT2D eigenvalue weighted by atomic mass is 16.5. The minimum atomic E-state index is -0.161. The number of furan rings is 1. The zero-order chi connectivity index (χ0) is 19.1. The van der Waals surface area contributed by atoms with E-state index in [1.165, 1.54) is 0 Å². The average molecular weight is 367 g/mol. The van der Waals surface area contributed by atoms with Gasteiger partial charge in [0, 0.05) is 7.11 Å². The van der Waals surface area contributed by atoms with E-state index in [0.717, 1.165) is 29.1 Å². The number of carbonyl (C=O) groups excluding carboxylic acids is 1. The van der Waals surface area contributed by atoms with Crippen LogP contribution in [0.5, 0.6) is 0 Å². The fourth-order valence-electron chi connectivity index (χ4n) is 3.09. The monoisotopic (exact) mass is 367 g/mol. The smallest absolute Gasteiger partial charge is 0.227 e. The molecule has 0 aliphatic rings. The Balaban J connectivity index is 1.71. The molecule has 142 valence electrons. The first-order valence-electron chi connectivity index (χ1n) is 9.15. The van der Waals surface area contributed by atoms with Crippen molar-refractivity contribution in [3.05, 3.63) is 66.1 Å². The molecule has 2 heterocycles. The van der Waals surface area contributed by atoms with Crippen molar-refractivity contribution in [3.8, 4) is 11.5 Å². The van der Waals surface area contributed by atoms with Gasteiger partial charge in [0.05, 0.1) is 37.6 Å². The van der Waals surface area contributed by atoms with Crippen LogP contribution in [0.1, 0.15) is 30.5 Å². The second-order valence-corrected chi connectivity index (χ2v) is 6.30. The minimum absolute atomic E-state index is 0.00897. The molecule has 0 radical (unpaired) electrons. The normalized spacial score (nSPS) is 12.1. The quantitative estimate of drug-likeness (QED) is 0.627. The molecular weight excluding hydrogens is 342 g/mol. The van der Waals surface area contributed by atoms with E-state index >= 15 is 0 Å². The Labute approximate surface area is 159 Å². The average Bonchev–Trinajstić information content (AvgIpc) is 3.36. The van der Waals surface area contributed by atoms with Crippen molar-refractivity contribution < 1.29 is 13.9 Å². The minimum Gasteiger partial charge on any atom is -0.463 e. The molecule has 0 fully saturated rings. The summed E-state index contributed by atoms with van der Waals surface area (Å²) in [7, 11) is 1.66. The maximum atomic E-state index is 12.7. The number of hydrogen-bond donors (Lipinski definition) is 1. The van der Waals surface area contributed by atoms with Gasteiger partial charge in [-0.3, -0.25) is 9.48 Å². The number of aromatic nitrogens is 2. The summed E-state index contributed by atoms with van der Waals surface area (Å²) in [6.07, 6.45) is 2.38. The van der Waals surface area contributed by atoms with E-state index in [-0.39, 0.29) is 11.8 Å². The standard InChI is InChI=1S/C21H25N3O3/c1-3-18(16-8-5-4-6-9-16)21(25)22-15-17-14-19(20-10-7-12-27-20)24(23-17)11-13-26-2/h4-10,12,14,18H,3,11,13,15H2,1-2H3,(H,22,25)/t18-/m1/s1. The third-order valence-corrected chi connectivity index (χ3v) is 4.48. The lowest BCUT2D eigenvalue weighted by Gasteiger charge is -2.14. The van der Waals surface area contributed by atoms with Crippen molar-refractivity contribution in [1.82, 2.24) is 15.1 Å². The molecule has 0 spiro atoms. The van der Waals surface area contributed by atoms with Gasteiger partial charge in [0.1, 0.15) is 5.69 Å². The Kier molecular flexibility index (Phi) is 6.44. The highest BCUT2D eigenvalue weighted by Gasteiger charge is 2.19. The third-order valence-electron chi connectivity index (χ3n) is 4.48. The summed E-state index contributed by atoms with van der Waals surface area (Å²) in [6, 6.07) is 15.5. The number of rotatable bonds is 9. The summed E-state index contributed by atoms with van der Waals surface area (Å²) in [4.78, 5) is 12.7. The van der Waals surface area contributed by atoms with E-state index in [2.05, 4.69) is 10.4 Å². The second kappa shape index (κ2) is 9.19. The van der Waals surface area contributed by atoms with Gasteiger partial charge in [-0.05, 0) is 30.2 Å². The number of nitrogens with one attached hydrogen (secondary N) is 1. The van der Waals surface area contributed by atoms with Crippen LogP contribution < -0.4 is 5.32 Å². The van der Waals surface area contributed by atoms with Crippen molar-refractivity contribution in [3.63, 3.8) is 0 Å². The van der Waals surface area contributed by atoms with Crippen LogP contribution in [0.3, 0.4) is 0 Å². The fraction of sp³-hybridized carbons (Fsp3) is 0.333. The molecule has 0 aliphatic heterocycles. The SMILES string of the molecule is CC[C@@H](C(=O)NCc1cc(-c2ccco2)n(CCOC)n1)c1ccccc1. The lowest BCUT2D eigenvalue weighted by atomic mass is 9.96. The molecule has 3 rings (SSSR count). The molecular formula is C21H25N3O3. The maximum absolute atomic E-state index is 12.7. The van der Waals surface area contributed by atoms with E-state index in [9.17, 15) is 4.79 Å². The van der Waals surface area contributed by atoms with Crippen molar-refractivity contribution in [1.29, 1.82) is 0 Å². The number of hydrogen-bond acceptors (Lipinski definition) is 4. The van der Waals surface area contributed by atoms with Gasteiger partial charge in [0.15, 0.2) is 5.76 Å². The van der Waals surface area contributed by atoms with Crippen LogP contribution >= 0.6 is 0 Å². The molecule has 1 N–H and O–H groups in total. The number of benzene rings is 1. The Morgan fingerprint density at radius 2 is 2.07 bits per heavy atom. The van der Waals surface area contributed by atoms with E-state index < -0.39 is 0 Å². The predicted molar refractivity (Wildman–Crippen MR) is 103 cm³/mol. The van der Waals surface area contributed by atoms with Crippen molar-refractivity contribution in [2.24, 2.45) is 0 Å². The van der Waals surface area contributed by atoms with Crippen LogP contribution in [-0.4, -0.2) is 29.4 Å². The number of ether oxygens (including phenoxy) is 1. The molecule has 2 aromatic heterocycles. The molecule has 1 aromatic carbocycles. The maximum Gasteiger partial charge on any atom is 0.227 e. The third kappa shape index (κ3) is 4.65. The molecule has 1 amide bonds. The molecule has 6 nitrogen and oxygen atoms in total. The van der Waals surface area contributed by atoms with Gasteiger partial charge in [0.2, 0.25) is 5.91 Å². The largest absolute Gasteiger partial charge is 0.463 e. The summed E-state index contributed by atoms with van der Waals surface area (Å²) in [6.45, 7) is 3.55. The lowest BCUT2D eigenvalue weighted by Crippen LogP contribution is -2.29. The zero-order valence-electron chi connectivity index (χ0n) is 15.7. The van der Waals surface area contributed by atoms with E-state index in [1.54, 1.807) is 13.4 Å². The van der Waals surface area contributed by atoms with Gasteiger partial charge in [-0.15, -0.1) is 0 Å². The molecule has 0 saturated heterocycles. The van der Waals surface area contributed by atoms with Crippen LogP contribution in [0.25, 0.3) is 11.5 Å². The van der Waals surface area contributed by atoms with E-state index in [1.807, 2.05) is 60.1 Å². The summed E-state index contributed by atoms with van der Waals surface area (Å²) in [5.74, 6) is 0.591. The molecule has 1 atom stereocenters. The second-order valence-electron chi connectivity index (χ2n) is 6.30. The molecule has 0 bridgehead atoms. The molecule has 0 unspecified atom stereocenters. The molecule has 0 aliphatic carbocycles. The summed E-state index contributed by atoms with van der Waals surface area (Å²) in [5.41, 5.74) is 2.68. The topological polar surface area (TPSA) is 69.3 Å². The fourth-order valence-corrected chi connectivity index (χ4v) is 3.09. The Bertz CT molecular complexity index is 841. The van der Waals surface area contributed by atoms with Crippen LogP contribution in [0.15, 0.2) is 59.2 Å². The molecule has 3 aromatic rings. The number of nitrogens with zero attached hydrogens (tertiary/aromatic N) is 2.